The van der Waals surface area contributed by atoms with Crippen LogP contribution in [0.3, 0.4) is 0 Å². The molecular formula is C13H20ClN3S. The molecule has 0 spiro atoms. The Labute approximate surface area is 118 Å². The molecular weight excluding hydrogens is 266 g/mol. The maximum absolute atomic E-state index is 6.21. The second kappa shape index (κ2) is 6.62. The monoisotopic (exact) mass is 285 g/mol. The first-order chi connectivity index (χ1) is 8.76. The van der Waals surface area contributed by atoms with Crippen LogP contribution < -0.4 is 4.90 Å². The molecule has 1 aliphatic rings. The summed E-state index contributed by atoms with van der Waals surface area (Å²) in [6.45, 7) is 6.55. The molecule has 0 amide bonds. The van der Waals surface area contributed by atoms with E-state index in [0.29, 0.717) is 10.4 Å². The lowest BCUT2D eigenvalue weighted by Crippen LogP contribution is -2.38. The number of aromatic nitrogens is 2. The number of rotatable bonds is 4. The van der Waals surface area contributed by atoms with Gasteiger partial charge in [-0.15, -0.1) is 0 Å². The first-order valence-corrected chi connectivity index (χ1v) is 8.04. The van der Waals surface area contributed by atoms with E-state index in [4.69, 9.17) is 11.6 Å². The lowest BCUT2D eigenvalue weighted by Gasteiger charge is -2.33. The zero-order chi connectivity index (χ0) is 13.0. The van der Waals surface area contributed by atoms with Crippen LogP contribution in [0.2, 0.25) is 5.15 Å². The van der Waals surface area contributed by atoms with Crippen molar-refractivity contribution in [2.75, 3.05) is 23.7 Å². The molecule has 0 radical (unpaired) electrons. The van der Waals surface area contributed by atoms with Crippen LogP contribution in [0, 0.1) is 0 Å². The lowest BCUT2D eigenvalue weighted by molar-refractivity contribution is 0.711. The third kappa shape index (κ3) is 3.09. The summed E-state index contributed by atoms with van der Waals surface area (Å²) in [5, 5.41) is 1.33. The van der Waals surface area contributed by atoms with Crippen molar-refractivity contribution >= 4 is 29.2 Å². The molecule has 1 fully saturated rings. The standard InChI is InChI=1S/C13H20ClN3S/c1-3-5-11-12(14)15-9-16-13(11)17-6-7-18-10(4-2)8-17/h9-10H,3-8H2,1-2H3. The van der Waals surface area contributed by atoms with Crippen LogP contribution in [-0.2, 0) is 6.42 Å². The number of hydrogen-bond donors (Lipinski definition) is 0. The molecule has 18 heavy (non-hydrogen) atoms. The number of nitrogens with zero attached hydrogens (tertiary/aromatic N) is 3. The van der Waals surface area contributed by atoms with Crippen molar-refractivity contribution in [1.82, 2.24) is 9.97 Å². The summed E-state index contributed by atoms with van der Waals surface area (Å²) >= 11 is 8.28. The maximum atomic E-state index is 6.21. The van der Waals surface area contributed by atoms with E-state index < -0.39 is 0 Å². The summed E-state index contributed by atoms with van der Waals surface area (Å²) in [7, 11) is 0. The first kappa shape index (κ1) is 13.9. The van der Waals surface area contributed by atoms with E-state index in [1.54, 1.807) is 6.33 Å². The van der Waals surface area contributed by atoms with Gasteiger partial charge in [-0.05, 0) is 12.8 Å². The molecule has 0 aliphatic carbocycles. The smallest absolute Gasteiger partial charge is 0.137 e. The molecule has 2 rings (SSSR count). The Hall–Kier alpha value is -0.480. The molecule has 1 aromatic heterocycles. The Balaban J connectivity index is 2.23. The van der Waals surface area contributed by atoms with Gasteiger partial charge in [-0.1, -0.05) is 31.9 Å². The van der Waals surface area contributed by atoms with Gasteiger partial charge in [0.25, 0.3) is 0 Å². The minimum atomic E-state index is 0.619. The van der Waals surface area contributed by atoms with Crippen LogP contribution in [-0.4, -0.2) is 34.1 Å². The zero-order valence-corrected chi connectivity index (χ0v) is 12.6. The van der Waals surface area contributed by atoms with Gasteiger partial charge in [0.1, 0.15) is 17.3 Å². The topological polar surface area (TPSA) is 29.0 Å². The number of hydrogen-bond acceptors (Lipinski definition) is 4. The van der Waals surface area contributed by atoms with Crippen molar-refractivity contribution in [3.8, 4) is 0 Å². The van der Waals surface area contributed by atoms with Gasteiger partial charge in [-0.25, -0.2) is 9.97 Å². The van der Waals surface area contributed by atoms with Gasteiger partial charge in [0.2, 0.25) is 0 Å². The van der Waals surface area contributed by atoms with Crippen LogP contribution in [0.1, 0.15) is 32.3 Å². The van der Waals surface area contributed by atoms with Crippen LogP contribution in [0.5, 0.6) is 0 Å². The summed E-state index contributed by atoms with van der Waals surface area (Å²) in [4.78, 5) is 11.0. The Kier molecular flexibility index (Phi) is 5.13. The molecule has 1 unspecified atom stereocenters. The Morgan fingerprint density at radius 2 is 2.28 bits per heavy atom. The zero-order valence-electron chi connectivity index (χ0n) is 11.0. The fourth-order valence-electron chi connectivity index (χ4n) is 2.28. The molecule has 2 heterocycles. The minimum Gasteiger partial charge on any atom is -0.354 e. The van der Waals surface area contributed by atoms with Crippen LogP contribution in [0.4, 0.5) is 5.82 Å². The van der Waals surface area contributed by atoms with E-state index in [1.807, 2.05) is 0 Å². The Bertz CT molecular complexity index is 400. The molecule has 1 atom stereocenters. The van der Waals surface area contributed by atoms with E-state index in [0.717, 1.165) is 37.3 Å². The number of halogens is 1. The molecule has 5 heteroatoms. The van der Waals surface area contributed by atoms with Gasteiger partial charge < -0.3 is 4.90 Å². The van der Waals surface area contributed by atoms with Crippen molar-refractivity contribution in [1.29, 1.82) is 0 Å². The van der Waals surface area contributed by atoms with Gasteiger partial charge in [0.15, 0.2) is 0 Å². The average Bonchev–Trinajstić information content (AvgIpc) is 2.41. The summed E-state index contributed by atoms with van der Waals surface area (Å²) in [6, 6.07) is 0. The maximum Gasteiger partial charge on any atom is 0.137 e. The molecule has 3 nitrogen and oxygen atoms in total. The molecule has 1 saturated heterocycles. The Morgan fingerprint density at radius 1 is 1.44 bits per heavy atom. The van der Waals surface area contributed by atoms with Gasteiger partial charge in [0, 0.05) is 29.7 Å². The number of thioether (sulfide) groups is 1. The largest absolute Gasteiger partial charge is 0.354 e. The highest BCUT2D eigenvalue weighted by Crippen LogP contribution is 2.29. The Morgan fingerprint density at radius 3 is 3.00 bits per heavy atom. The van der Waals surface area contributed by atoms with Gasteiger partial charge in [0.05, 0.1) is 0 Å². The molecule has 1 aromatic rings. The van der Waals surface area contributed by atoms with Gasteiger partial charge in [-0.3, -0.25) is 0 Å². The third-order valence-corrected chi connectivity index (χ3v) is 4.96. The number of anilines is 1. The molecule has 0 aromatic carbocycles. The van der Waals surface area contributed by atoms with Crippen molar-refractivity contribution in [3.63, 3.8) is 0 Å². The fraction of sp³-hybridized carbons (Fsp3) is 0.692. The second-order valence-electron chi connectivity index (χ2n) is 4.56. The summed E-state index contributed by atoms with van der Waals surface area (Å²) < 4.78 is 0. The lowest BCUT2D eigenvalue weighted by atomic mass is 10.1. The van der Waals surface area contributed by atoms with Crippen LogP contribution in [0.25, 0.3) is 0 Å². The molecule has 1 aliphatic heterocycles. The van der Waals surface area contributed by atoms with E-state index >= 15 is 0 Å². The predicted octanol–water partition coefficient (Wildman–Crippen LogP) is 3.41. The second-order valence-corrected chi connectivity index (χ2v) is 6.33. The summed E-state index contributed by atoms with van der Waals surface area (Å²) in [5.41, 5.74) is 1.11. The summed E-state index contributed by atoms with van der Waals surface area (Å²) in [6.07, 6.45) is 4.82. The van der Waals surface area contributed by atoms with Crippen molar-refractivity contribution in [2.24, 2.45) is 0 Å². The highest BCUT2D eigenvalue weighted by Gasteiger charge is 2.23. The fourth-order valence-corrected chi connectivity index (χ4v) is 3.68. The van der Waals surface area contributed by atoms with Crippen LogP contribution >= 0.6 is 23.4 Å². The molecule has 0 bridgehead atoms. The highest BCUT2D eigenvalue weighted by molar-refractivity contribution is 8.00. The van der Waals surface area contributed by atoms with E-state index in [1.165, 1.54) is 12.2 Å². The molecule has 0 N–H and O–H groups in total. The van der Waals surface area contributed by atoms with E-state index in [2.05, 4.69) is 40.5 Å². The average molecular weight is 286 g/mol. The minimum absolute atomic E-state index is 0.619. The van der Waals surface area contributed by atoms with Gasteiger partial charge >= 0.3 is 0 Å². The van der Waals surface area contributed by atoms with Crippen LogP contribution in [0.15, 0.2) is 6.33 Å². The highest BCUT2D eigenvalue weighted by atomic mass is 35.5. The van der Waals surface area contributed by atoms with E-state index in [9.17, 15) is 0 Å². The van der Waals surface area contributed by atoms with Gasteiger partial charge in [-0.2, -0.15) is 11.8 Å². The quantitative estimate of drug-likeness (QED) is 0.793. The predicted molar refractivity (Wildman–Crippen MR) is 79.8 cm³/mol. The van der Waals surface area contributed by atoms with Crippen molar-refractivity contribution in [2.45, 2.75) is 38.4 Å². The van der Waals surface area contributed by atoms with Crippen molar-refractivity contribution < 1.29 is 0 Å². The van der Waals surface area contributed by atoms with E-state index in [-0.39, 0.29) is 0 Å². The molecule has 0 saturated carbocycles. The molecule has 100 valence electrons. The van der Waals surface area contributed by atoms with Crippen molar-refractivity contribution in [3.05, 3.63) is 17.0 Å². The summed E-state index contributed by atoms with van der Waals surface area (Å²) in [5.74, 6) is 2.22. The normalized spacial score (nSPS) is 20.2. The third-order valence-electron chi connectivity index (χ3n) is 3.26. The SMILES string of the molecule is CCCc1c(Cl)ncnc1N1CCSC(CC)C1. The first-order valence-electron chi connectivity index (χ1n) is 6.62.